The van der Waals surface area contributed by atoms with Crippen LogP contribution in [0.1, 0.15) is 17.3 Å². The quantitative estimate of drug-likeness (QED) is 0.854. The van der Waals surface area contributed by atoms with Crippen LogP contribution in [0, 0.1) is 0 Å². The lowest BCUT2D eigenvalue weighted by molar-refractivity contribution is -0.117. The Morgan fingerprint density at radius 2 is 1.62 bits per heavy atom. The fraction of sp³-hybridized carbons (Fsp3) is 0.222. The van der Waals surface area contributed by atoms with Gasteiger partial charge in [0.25, 0.3) is 5.91 Å². The third kappa shape index (κ3) is 4.25. The van der Waals surface area contributed by atoms with Crippen molar-refractivity contribution in [3.8, 4) is 11.5 Å². The van der Waals surface area contributed by atoms with Gasteiger partial charge in [0.1, 0.15) is 6.04 Å². The molecule has 0 aromatic heterocycles. The first kappa shape index (κ1) is 17.3. The third-order valence-corrected chi connectivity index (χ3v) is 3.43. The van der Waals surface area contributed by atoms with Gasteiger partial charge in [-0.2, -0.15) is 0 Å². The topological polar surface area (TPSA) is 76.7 Å². The van der Waals surface area contributed by atoms with E-state index >= 15 is 0 Å². The third-order valence-electron chi connectivity index (χ3n) is 3.43. The average Bonchev–Trinajstić information content (AvgIpc) is 2.61. The summed E-state index contributed by atoms with van der Waals surface area (Å²) >= 11 is 0. The number of carbonyl (C=O) groups excluding carboxylic acids is 2. The van der Waals surface area contributed by atoms with Crippen molar-refractivity contribution in [2.75, 3.05) is 19.5 Å². The molecule has 1 atom stereocenters. The maximum Gasteiger partial charge on any atom is 0.252 e. The van der Waals surface area contributed by atoms with Crippen molar-refractivity contribution in [2.45, 2.75) is 13.0 Å². The molecule has 0 saturated heterocycles. The normalized spacial score (nSPS) is 11.3. The zero-order valence-electron chi connectivity index (χ0n) is 13.8. The van der Waals surface area contributed by atoms with Crippen LogP contribution in [0.3, 0.4) is 0 Å². The van der Waals surface area contributed by atoms with Crippen molar-refractivity contribution in [2.24, 2.45) is 0 Å². The van der Waals surface area contributed by atoms with Crippen LogP contribution < -0.4 is 20.1 Å². The number of carbonyl (C=O) groups is 2. The Balaban J connectivity index is 2.02. The van der Waals surface area contributed by atoms with Gasteiger partial charge in [0.05, 0.1) is 14.2 Å². The Labute approximate surface area is 140 Å². The minimum Gasteiger partial charge on any atom is -0.493 e. The van der Waals surface area contributed by atoms with E-state index in [1.165, 1.54) is 14.2 Å². The number of rotatable bonds is 6. The molecule has 2 rings (SSSR count). The molecule has 0 radical (unpaired) electrons. The summed E-state index contributed by atoms with van der Waals surface area (Å²) in [5.41, 5.74) is 1.06. The lowest BCUT2D eigenvalue weighted by Crippen LogP contribution is -2.41. The van der Waals surface area contributed by atoms with Gasteiger partial charge in [0.15, 0.2) is 11.5 Å². The molecule has 0 bridgehead atoms. The monoisotopic (exact) mass is 328 g/mol. The van der Waals surface area contributed by atoms with Gasteiger partial charge in [-0.15, -0.1) is 0 Å². The summed E-state index contributed by atoms with van der Waals surface area (Å²) in [6.45, 7) is 1.62. The van der Waals surface area contributed by atoms with Crippen molar-refractivity contribution >= 4 is 17.5 Å². The van der Waals surface area contributed by atoms with Gasteiger partial charge >= 0.3 is 0 Å². The van der Waals surface area contributed by atoms with Gasteiger partial charge in [0.2, 0.25) is 5.91 Å². The maximum atomic E-state index is 12.3. The van der Waals surface area contributed by atoms with E-state index in [9.17, 15) is 9.59 Å². The lowest BCUT2D eigenvalue weighted by atomic mass is 10.1. The number of amides is 2. The molecule has 1 unspecified atom stereocenters. The van der Waals surface area contributed by atoms with Crippen LogP contribution in [0.2, 0.25) is 0 Å². The van der Waals surface area contributed by atoms with Gasteiger partial charge < -0.3 is 20.1 Å². The van der Waals surface area contributed by atoms with Crippen molar-refractivity contribution in [1.29, 1.82) is 0 Å². The van der Waals surface area contributed by atoms with Crippen LogP contribution in [-0.2, 0) is 4.79 Å². The molecule has 6 nitrogen and oxygen atoms in total. The van der Waals surface area contributed by atoms with E-state index in [0.717, 1.165) is 0 Å². The zero-order chi connectivity index (χ0) is 17.5. The highest BCUT2D eigenvalue weighted by Gasteiger charge is 2.18. The van der Waals surface area contributed by atoms with E-state index in [-0.39, 0.29) is 11.8 Å². The molecule has 0 aliphatic rings. The first-order valence-electron chi connectivity index (χ1n) is 7.44. The second-order valence-corrected chi connectivity index (χ2v) is 5.12. The molecule has 2 aromatic rings. The van der Waals surface area contributed by atoms with Gasteiger partial charge in [-0.1, -0.05) is 18.2 Å². The van der Waals surface area contributed by atoms with Crippen LogP contribution >= 0.6 is 0 Å². The Kier molecular flexibility index (Phi) is 5.78. The van der Waals surface area contributed by atoms with Crippen LogP contribution in [0.25, 0.3) is 0 Å². The minimum atomic E-state index is -0.689. The fourth-order valence-electron chi connectivity index (χ4n) is 2.09. The second-order valence-electron chi connectivity index (χ2n) is 5.12. The molecule has 24 heavy (non-hydrogen) atoms. The van der Waals surface area contributed by atoms with Gasteiger partial charge in [-0.05, 0) is 37.3 Å². The zero-order valence-corrected chi connectivity index (χ0v) is 13.8. The van der Waals surface area contributed by atoms with Crippen molar-refractivity contribution < 1.29 is 19.1 Å². The largest absolute Gasteiger partial charge is 0.493 e. The van der Waals surface area contributed by atoms with Gasteiger partial charge in [-0.3, -0.25) is 9.59 Å². The first-order chi connectivity index (χ1) is 11.5. The van der Waals surface area contributed by atoms with E-state index < -0.39 is 6.04 Å². The van der Waals surface area contributed by atoms with Crippen molar-refractivity contribution in [3.63, 3.8) is 0 Å². The molecular formula is C18H20N2O4. The summed E-state index contributed by atoms with van der Waals surface area (Å²) in [6, 6.07) is 13.2. The van der Waals surface area contributed by atoms with E-state index in [0.29, 0.717) is 22.7 Å². The molecule has 2 aromatic carbocycles. The number of hydrogen-bond donors (Lipinski definition) is 2. The highest BCUT2D eigenvalue weighted by atomic mass is 16.5. The van der Waals surface area contributed by atoms with Crippen LogP contribution in [0.5, 0.6) is 11.5 Å². The average molecular weight is 328 g/mol. The lowest BCUT2D eigenvalue weighted by Gasteiger charge is -2.15. The van der Waals surface area contributed by atoms with Gasteiger partial charge in [0, 0.05) is 11.3 Å². The number of para-hydroxylation sites is 1. The van der Waals surface area contributed by atoms with Crippen LogP contribution in [0.15, 0.2) is 48.5 Å². The highest BCUT2D eigenvalue weighted by Crippen LogP contribution is 2.27. The number of hydrogen-bond acceptors (Lipinski definition) is 4. The molecule has 0 heterocycles. The molecule has 2 amide bonds. The Hall–Kier alpha value is -3.02. The molecule has 0 spiro atoms. The summed E-state index contributed by atoms with van der Waals surface area (Å²) in [5.74, 6) is 0.317. The minimum absolute atomic E-state index is 0.296. The molecule has 2 N–H and O–H groups in total. The summed E-state index contributed by atoms with van der Waals surface area (Å²) in [5, 5.41) is 5.40. The maximum absolute atomic E-state index is 12.3. The van der Waals surface area contributed by atoms with Crippen LogP contribution in [-0.4, -0.2) is 32.1 Å². The Bertz CT molecular complexity index is 716. The molecular weight excluding hydrogens is 308 g/mol. The SMILES string of the molecule is COc1ccc(C(=O)NC(C)C(=O)Nc2ccccc2)cc1OC. The molecule has 0 fully saturated rings. The number of methoxy groups -OCH3 is 2. The fourth-order valence-corrected chi connectivity index (χ4v) is 2.09. The van der Waals surface area contributed by atoms with Crippen molar-refractivity contribution in [1.82, 2.24) is 5.32 Å². The van der Waals surface area contributed by atoms with E-state index in [1.54, 1.807) is 37.3 Å². The highest BCUT2D eigenvalue weighted by molar-refractivity contribution is 6.01. The van der Waals surface area contributed by atoms with Crippen LogP contribution in [0.4, 0.5) is 5.69 Å². The number of ether oxygens (including phenoxy) is 2. The summed E-state index contributed by atoms with van der Waals surface area (Å²) < 4.78 is 10.3. The van der Waals surface area contributed by atoms with E-state index in [2.05, 4.69) is 10.6 Å². The van der Waals surface area contributed by atoms with Gasteiger partial charge in [-0.25, -0.2) is 0 Å². The Morgan fingerprint density at radius 1 is 0.958 bits per heavy atom. The van der Waals surface area contributed by atoms with Crippen molar-refractivity contribution in [3.05, 3.63) is 54.1 Å². The summed E-state index contributed by atoms with van der Waals surface area (Å²) in [6.07, 6.45) is 0. The predicted molar refractivity (Wildman–Crippen MR) is 91.5 cm³/mol. The number of benzene rings is 2. The molecule has 6 heteroatoms. The molecule has 0 aliphatic heterocycles. The standard InChI is InChI=1S/C18H20N2O4/c1-12(17(21)20-14-7-5-4-6-8-14)19-18(22)13-9-10-15(23-2)16(11-13)24-3/h4-12H,1-3H3,(H,19,22)(H,20,21). The van der Waals surface area contributed by atoms with E-state index in [1.807, 2.05) is 18.2 Å². The summed E-state index contributed by atoms with van der Waals surface area (Å²) in [4.78, 5) is 24.4. The number of nitrogens with one attached hydrogen (secondary N) is 2. The summed E-state index contributed by atoms with van der Waals surface area (Å²) in [7, 11) is 3.02. The first-order valence-corrected chi connectivity index (χ1v) is 7.44. The predicted octanol–water partition coefficient (Wildman–Crippen LogP) is 2.46. The number of anilines is 1. The molecule has 126 valence electrons. The smallest absolute Gasteiger partial charge is 0.252 e. The molecule has 0 saturated carbocycles. The van der Waals surface area contributed by atoms with E-state index in [4.69, 9.17) is 9.47 Å². The Morgan fingerprint density at radius 3 is 2.25 bits per heavy atom. The molecule has 0 aliphatic carbocycles. The second kappa shape index (κ2) is 8.01.